The SMILES string of the molecule is Cc1ccc(C(=O)NC(CCCl)C(C)(C)C)cn1. The van der Waals surface area contributed by atoms with Crippen LogP contribution >= 0.6 is 11.6 Å². The van der Waals surface area contributed by atoms with Crippen LogP contribution in [0.25, 0.3) is 0 Å². The van der Waals surface area contributed by atoms with Crippen LogP contribution in [0.1, 0.15) is 43.2 Å². The highest BCUT2D eigenvalue weighted by molar-refractivity contribution is 6.17. The van der Waals surface area contributed by atoms with Gasteiger partial charge in [0.05, 0.1) is 5.56 Å². The molecule has 0 aromatic carbocycles. The predicted molar refractivity (Wildman–Crippen MR) is 75.0 cm³/mol. The van der Waals surface area contributed by atoms with Gasteiger partial charge in [-0.2, -0.15) is 0 Å². The average molecular weight is 269 g/mol. The van der Waals surface area contributed by atoms with Gasteiger partial charge < -0.3 is 5.32 Å². The third-order valence-corrected chi connectivity index (χ3v) is 3.14. The van der Waals surface area contributed by atoms with Gasteiger partial charge >= 0.3 is 0 Å². The van der Waals surface area contributed by atoms with Gasteiger partial charge in [-0.15, -0.1) is 11.6 Å². The molecular weight excluding hydrogens is 248 g/mol. The zero-order chi connectivity index (χ0) is 13.8. The smallest absolute Gasteiger partial charge is 0.253 e. The first kappa shape index (κ1) is 15.0. The number of alkyl halides is 1. The minimum absolute atomic E-state index is 0.0112. The molecule has 18 heavy (non-hydrogen) atoms. The number of pyridine rings is 1. The van der Waals surface area contributed by atoms with Gasteiger partial charge in [-0.05, 0) is 30.9 Å². The Labute approximate surface area is 114 Å². The van der Waals surface area contributed by atoms with Crippen molar-refractivity contribution in [2.75, 3.05) is 5.88 Å². The van der Waals surface area contributed by atoms with Gasteiger partial charge in [0.15, 0.2) is 0 Å². The molecule has 1 amide bonds. The van der Waals surface area contributed by atoms with Crippen molar-refractivity contribution in [1.82, 2.24) is 10.3 Å². The monoisotopic (exact) mass is 268 g/mol. The van der Waals surface area contributed by atoms with E-state index in [1.807, 2.05) is 13.0 Å². The summed E-state index contributed by atoms with van der Waals surface area (Å²) >= 11 is 5.79. The summed E-state index contributed by atoms with van der Waals surface area (Å²) in [6.07, 6.45) is 2.36. The molecule has 1 unspecified atom stereocenters. The van der Waals surface area contributed by atoms with Crippen molar-refractivity contribution in [3.8, 4) is 0 Å². The summed E-state index contributed by atoms with van der Waals surface area (Å²) in [4.78, 5) is 16.2. The van der Waals surface area contributed by atoms with Gasteiger partial charge in [0, 0.05) is 23.8 Å². The van der Waals surface area contributed by atoms with E-state index in [9.17, 15) is 4.79 Å². The van der Waals surface area contributed by atoms with Gasteiger partial charge in [0.1, 0.15) is 0 Å². The summed E-state index contributed by atoms with van der Waals surface area (Å²) < 4.78 is 0. The lowest BCUT2D eigenvalue weighted by atomic mass is 9.85. The van der Waals surface area contributed by atoms with Crippen molar-refractivity contribution >= 4 is 17.5 Å². The number of nitrogens with zero attached hydrogens (tertiary/aromatic N) is 1. The van der Waals surface area contributed by atoms with Crippen molar-refractivity contribution in [2.45, 2.75) is 40.2 Å². The van der Waals surface area contributed by atoms with Gasteiger partial charge in [-0.1, -0.05) is 20.8 Å². The number of hydrogen-bond acceptors (Lipinski definition) is 2. The summed E-state index contributed by atoms with van der Waals surface area (Å²) in [6.45, 7) is 8.18. The molecule has 0 aliphatic heterocycles. The molecule has 0 spiro atoms. The number of halogens is 1. The molecule has 1 heterocycles. The minimum Gasteiger partial charge on any atom is -0.349 e. The third-order valence-electron chi connectivity index (χ3n) is 2.92. The molecule has 0 fully saturated rings. The van der Waals surface area contributed by atoms with E-state index in [-0.39, 0.29) is 17.4 Å². The Hall–Kier alpha value is -1.09. The molecule has 0 saturated carbocycles. The Morgan fingerprint density at radius 3 is 2.56 bits per heavy atom. The Morgan fingerprint density at radius 1 is 1.44 bits per heavy atom. The fraction of sp³-hybridized carbons (Fsp3) is 0.571. The van der Waals surface area contributed by atoms with Crippen LogP contribution in [0.4, 0.5) is 0 Å². The zero-order valence-electron chi connectivity index (χ0n) is 11.5. The number of hydrogen-bond donors (Lipinski definition) is 1. The summed E-state index contributed by atoms with van der Waals surface area (Å²) in [5, 5.41) is 3.03. The molecule has 1 atom stereocenters. The van der Waals surface area contributed by atoms with Crippen molar-refractivity contribution < 1.29 is 4.79 Å². The van der Waals surface area contributed by atoms with Gasteiger partial charge in [0.2, 0.25) is 0 Å². The largest absolute Gasteiger partial charge is 0.349 e. The highest BCUT2D eigenvalue weighted by Gasteiger charge is 2.25. The maximum absolute atomic E-state index is 12.1. The number of amides is 1. The van der Waals surface area contributed by atoms with Crippen LogP contribution in [0, 0.1) is 12.3 Å². The Morgan fingerprint density at radius 2 is 2.11 bits per heavy atom. The van der Waals surface area contributed by atoms with E-state index in [0.29, 0.717) is 11.4 Å². The van der Waals surface area contributed by atoms with Gasteiger partial charge in [-0.3, -0.25) is 9.78 Å². The first-order valence-corrected chi connectivity index (χ1v) is 6.67. The van der Waals surface area contributed by atoms with Crippen molar-refractivity contribution in [2.24, 2.45) is 5.41 Å². The number of carbonyl (C=O) groups excluding carboxylic acids is 1. The Balaban J connectivity index is 2.75. The van der Waals surface area contributed by atoms with E-state index in [1.165, 1.54) is 0 Å². The number of aromatic nitrogens is 1. The number of nitrogens with one attached hydrogen (secondary N) is 1. The summed E-state index contributed by atoms with van der Waals surface area (Å²) in [5.74, 6) is 0.446. The lowest BCUT2D eigenvalue weighted by Gasteiger charge is -2.31. The van der Waals surface area contributed by atoms with Crippen LogP contribution < -0.4 is 5.32 Å². The number of carbonyl (C=O) groups is 1. The quantitative estimate of drug-likeness (QED) is 0.853. The molecule has 1 rings (SSSR count). The minimum atomic E-state index is -0.0902. The summed E-state index contributed by atoms with van der Waals surface area (Å²) in [7, 11) is 0. The Kier molecular flexibility index (Phi) is 5.15. The summed E-state index contributed by atoms with van der Waals surface area (Å²) in [5.41, 5.74) is 1.48. The lowest BCUT2D eigenvalue weighted by molar-refractivity contribution is 0.0900. The van der Waals surface area contributed by atoms with Crippen LogP contribution in [0.15, 0.2) is 18.3 Å². The van der Waals surface area contributed by atoms with Gasteiger partial charge in [-0.25, -0.2) is 0 Å². The van der Waals surface area contributed by atoms with E-state index in [1.54, 1.807) is 12.3 Å². The van der Waals surface area contributed by atoms with Crippen LogP contribution in [0.3, 0.4) is 0 Å². The normalized spacial score (nSPS) is 13.2. The highest BCUT2D eigenvalue weighted by Crippen LogP contribution is 2.22. The molecule has 100 valence electrons. The maximum atomic E-state index is 12.1. The molecule has 1 N–H and O–H groups in total. The number of aryl methyl sites for hydroxylation is 1. The maximum Gasteiger partial charge on any atom is 0.253 e. The van der Waals surface area contributed by atoms with Crippen molar-refractivity contribution in [3.05, 3.63) is 29.6 Å². The fourth-order valence-electron chi connectivity index (χ4n) is 1.67. The van der Waals surface area contributed by atoms with Crippen LogP contribution in [0.2, 0.25) is 0 Å². The predicted octanol–water partition coefficient (Wildman–Crippen LogP) is 3.16. The molecule has 0 radical (unpaired) electrons. The molecule has 3 nitrogen and oxygen atoms in total. The second kappa shape index (κ2) is 6.19. The molecule has 1 aromatic rings. The van der Waals surface area contributed by atoms with Crippen LogP contribution in [0.5, 0.6) is 0 Å². The average Bonchev–Trinajstić information content (AvgIpc) is 2.28. The Bertz CT molecular complexity index is 395. The second-order valence-corrected chi connectivity index (χ2v) is 5.94. The second-order valence-electron chi connectivity index (χ2n) is 5.56. The zero-order valence-corrected chi connectivity index (χ0v) is 12.2. The van der Waals surface area contributed by atoms with E-state index in [4.69, 9.17) is 11.6 Å². The molecule has 1 aromatic heterocycles. The standard InChI is InChI=1S/C14H21ClN2O/c1-10-5-6-11(9-16-10)13(18)17-12(7-8-15)14(2,3)4/h5-6,9,12H,7-8H2,1-4H3,(H,17,18). The molecule has 4 heteroatoms. The van der Waals surface area contributed by atoms with Crippen molar-refractivity contribution in [3.63, 3.8) is 0 Å². The lowest BCUT2D eigenvalue weighted by Crippen LogP contribution is -2.44. The molecule has 0 saturated heterocycles. The van der Waals surface area contributed by atoms with E-state index >= 15 is 0 Å². The molecule has 0 bridgehead atoms. The molecular formula is C14H21ClN2O. The molecule has 0 aliphatic carbocycles. The van der Waals surface area contributed by atoms with E-state index in [0.717, 1.165) is 12.1 Å². The number of rotatable bonds is 4. The fourth-order valence-corrected chi connectivity index (χ4v) is 1.89. The molecule has 0 aliphatic rings. The van der Waals surface area contributed by atoms with E-state index < -0.39 is 0 Å². The summed E-state index contributed by atoms with van der Waals surface area (Å²) in [6, 6.07) is 3.68. The van der Waals surface area contributed by atoms with Crippen LogP contribution in [-0.2, 0) is 0 Å². The highest BCUT2D eigenvalue weighted by atomic mass is 35.5. The van der Waals surface area contributed by atoms with Crippen LogP contribution in [-0.4, -0.2) is 22.8 Å². The van der Waals surface area contributed by atoms with Gasteiger partial charge in [0.25, 0.3) is 5.91 Å². The first-order chi connectivity index (χ1) is 8.34. The first-order valence-electron chi connectivity index (χ1n) is 6.14. The topological polar surface area (TPSA) is 42.0 Å². The third kappa shape index (κ3) is 4.30. The van der Waals surface area contributed by atoms with E-state index in [2.05, 4.69) is 31.1 Å². The van der Waals surface area contributed by atoms with Crippen molar-refractivity contribution in [1.29, 1.82) is 0 Å².